The smallest absolute Gasteiger partial charge is 0.160 e. The van der Waals surface area contributed by atoms with Crippen molar-refractivity contribution in [3.05, 3.63) is 95.6 Å². The molecule has 0 aliphatic rings. The van der Waals surface area contributed by atoms with Crippen LogP contribution in [0.5, 0.6) is 0 Å². The second kappa shape index (κ2) is 13.1. The zero-order chi connectivity index (χ0) is 29.6. The van der Waals surface area contributed by atoms with E-state index in [2.05, 4.69) is 134 Å². The van der Waals surface area contributed by atoms with E-state index in [-0.39, 0.29) is 10.8 Å². The zero-order valence-corrected chi connectivity index (χ0v) is 26.7. The summed E-state index contributed by atoms with van der Waals surface area (Å²) in [5, 5.41) is 0. The zero-order valence-electron chi connectivity index (χ0n) is 26.7. The lowest BCUT2D eigenvalue weighted by Crippen LogP contribution is -2.17. The van der Waals surface area contributed by atoms with Gasteiger partial charge in [0.1, 0.15) is 0 Å². The maximum Gasteiger partial charge on any atom is 0.160 e. The second-order valence-corrected chi connectivity index (χ2v) is 13.6. The first-order valence-electron chi connectivity index (χ1n) is 15.7. The molecule has 41 heavy (non-hydrogen) atoms. The van der Waals surface area contributed by atoms with Gasteiger partial charge in [-0.25, -0.2) is 9.97 Å². The molecule has 0 fully saturated rings. The maximum absolute atomic E-state index is 5.07. The van der Waals surface area contributed by atoms with Crippen LogP contribution in [-0.2, 0) is 10.8 Å². The maximum atomic E-state index is 5.07. The van der Waals surface area contributed by atoms with Gasteiger partial charge in [0.25, 0.3) is 0 Å². The van der Waals surface area contributed by atoms with E-state index in [0.29, 0.717) is 0 Å². The van der Waals surface area contributed by atoms with Gasteiger partial charge in [-0.2, -0.15) is 0 Å². The van der Waals surface area contributed by atoms with Gasteiger partial charge >= 0.3 is 0 Å². The van der Waals surface area contributed by atoms with E-state index in [0.717, 1.165) is 39.8 Å². The van der Waals surface area contributed by atoms with E-state index >= 15 is 0 Å². The third kappa shape index (κ3) is 7.94. The molecule has 1 heterocycles. The van der Waals surface area contributed by atoms with Crippen molar-refractivity contribution in [2.45, 2.75) is 105 Å². The number of hydrogen-bond acceptors (Lipinski definition) is 2. The highest BCUT2D eigenvalue weighted by atomic mass is 14.9. The fourth-order valence-corrected chi connectivity index (χ4v) is 5.51. The molecule has 0 N–H and O–H groups in total. The third-order valence-corrected chi connectivity index (χ3v) is 8.71. The topological polar surface area (TPSA) is 25.8 Å². The van der Waals surface area contributed by atoms with Crippen LogP contribution in [0.1, 0.15) is 104 Å². The molecule has 0 atom stereocenters. The Balaban J connectivity index is 1.70. The number of nitrogens with zero attached hydrogens (tertiary/aromatic N) is 2. The summed E-state index contributed by atoms with van der Waals surface area (Å²) >= 11 is 0. The van der Waals surface area contributed by atoms with Crippen LogP contribution in [0.4, 0.5) is 0 Å². The summed E-state index contributed by atoms with van der Waals surface area (Å²) in [4.78, 5) is 10.1. The number of hydrogen-bond donors (Lipinski definition) is 0. The van der Waals surface area contributed by atoms with E-state index in [1.807, 2.05) is 0 Å². The molecule has 4 aromatic rings. The van der Waals surface area contributed by atoms with Crippen molar-refractivity contribution in [2.75, 3.05) is 0 Å². The lowest BCUT2D eigenvalue weighted by molar-refractivity contribution is 0.415. The van der Waals surface area contributed by atoms with E-state index in [4.69, 9.17) is 9.97 Å². The summed E-state index contributed by atoms with van der Waals surface area (Å²) in [6.07, 6.45) is 7.45. The average Bonchev–Trinajstić information content (AvgIpc) is 2.96. The van der Waals surface area contributed by atoms with Crippen molar-refractivity contribution in [2.24, 2.45) is 5.92 Å². The molecule has 0 amide bonds. The third-order valence-electron chi connectivity index (χ3n) is 8.71. The summed E-state index contributed by atoms with van der Waals surface area (Å²) in [5.74, 6) is 1.48. The standard InChI is InChI=1S/C39H50N2/c1-9-10-11-25-38(5,6)33-20-16-30(17-21-33)35-27-36(41-37(40-35)32-14-12-29(4)13-15-32)31-18-22-34(23-19-31)39(7,8)26-24-28(2)3/h12-23,27-28H,9-11,24-26H2,1-8H3. The van der Waals surface area contributed by atoms with Crippen LogP contribution in [-0.4, -0.2) is 9.97 Å². The van der Waals surface area contributed by atoms with Crippen molar-refractivity contribution in [1.29, 1.82) is 0 Å². The molecule has 3 aromatic carbocycles. The Kier molecular flexibility index (Phi) is 9.84. The minimum atomic E-state index is 0.152. The predicted octanol–water partition coefficient (Wildman–Crippen LogP) is 11.4. The van der Waals surface area contributed by atoms with Gasteiger partial charge in [-0.05, 0) is 53.7 Å². The molecule has 0 unspecified atom stereocenters. The quantitative estimate of drug-likeness (QED) is 0.165. The summed E-state index contributed by atoms with van der Waals surface area (Å²) in [7, 11) is 0. The number of aryl methyl sites for hydroxylation is 1. The molecule has 0 radical (unpaired) electrons. The highest BCUT2D eigenvalue weighted by Crippen LogP contribution is 2.34. The Hall–Kier alpha value is -3.26. The van der Waals surface area contributed by atoms with Crippen LogP contribution >= 0.6 is 0 Å². The Morgan fingerprint density at radius 2 is 1.07 bits per heavy atom. The monoisotopic (exact) mass is 546 g/mol. The van der Waals surface area contributed by atoms with E-state index < -0.39 is 0 Å². The van der Waals surface area contributed by atoms with Gasteiger partial charge in [0.05, 0.1) is 11.4 Å². The van der Waals surface area contributed by atoms with Crippen molar-refractivity contribution in [1.82, 2.24) is 9.97 Å². The molecule has 0 saturated carbocycles. The van der Waals surface area contributed by atoms with Crippen molar-refractivity contribution in [3.8, 4) is 33.9 Å². The molecule has 0 bridgehead atoms. The number of benzene rings is 3. The van der Waals surface area contributed by atoms with Crippen LogP contribution in [0, 0.1) is 12.8 Å². The van der Waals surface area contributed by atoms with Crippen molar-refractivity contribution >= 4 is 0 Å². The van der Waals surface area contributed by atoms with Gasteiger partial charge in [-0.15, -0.1) is 0 Å². The van der Waals surface area contributed by atoms with Gasteiger partial charge in [0.15, 0.2) is 5.82 Å². The number of aromatic nitrogens is 2. The fraction of sp³-hybridized carbons (Fsp3) is 0.436. The molecule has 0 saturated heterocycles. The summed E-state index contributed by atoms with van der Waals surface area (Å²) in [6.45, 7) is 18.4. The van der Waals surface area contributed by atoms with Gasteiger partial charge in [-0.3, -0.25) is 0 Å². The Morgan fingerprint density at radius 3 is 1.54 bits per heavy atom. The van der Waals surface area contributed by atoms with Gasteiger partial charge in [0.2, 0.25) is 0 Å². The molecule has 0 aliphatic carbocycles. The first kappa shape index (κ1) is 30.7. The normalized spacial score (nSPS) is 12.2. The minimum absolute atomic E-state index is 0.152. The van der Waals surface area contributed by atoms with E-state index in [1.165, 1.54) is 55.2 Å². The highest BCUT2D eigenvalue weighted by Gasteiger charge is 2.22. The summed E-state index contributed by atoms with van der Waals surface area (Å²) in [6, 6.07) is 28.8. The second-order valence-electron chi connectivity index (χ2n) is 13.6. The van der Waals surface area contributed by atoms with Gasteiger partial charge in [0, 0.05) is 16.7 Å². The molecular formula is C39H50N2. The number of rotatable bonds is 12. The Labute approximate surface area is 249 Å². The summed E-state index contributed by atoms with van der Waals surface area (Å²) < 4.78 is 0. The van der Waals surface area contributed by atoms with Crippen LogP contribution in [0.3, 0.4) is 0 Å². The van der Waals surface area contributed by atoms with Crippen LogP contribution < -0.4 is 0 Å². The lowest BCUT2D eigenvalue weighted by atomic mass is 9.79. The Bertz CT molecular complexity index is 1390. The molecule has 1 aromatic heterocycles. The van der Waals surface area contributed by atoms with Gasteiger partial charge < -0.3 is 0 Å². The molecule has 0 aliphatic heterocycles. The number of unbranched alkanes of at least 4 members (excludes halogenated alkanes) is 2. The molecule has 4 rings (SSSR count). The van der Waals surface area contributed by atoms with E-state index in [1.54, 1.807) is 0 Å². The van der Waals surface area contributed by atoms with Crippen molar-refractivity contribution < 1.29 is 0 Å². The molecule has 0 spiro atoms. The largest absolute Gasteiger partial charge is 0.228 e. The van der Waals surface area contributed by atoms with Crippen LogP contribution in [0.15, 0.2) is 78.9 Å². The fourth-order valence-electron chi connectivity index (χ4n) is 5.51. The Morgan fingerprint density at radius 1 is 0.610 bits per heavy atom. The SMILES string of the molecule is CCCCCC(C)(C)c1ccc(-c2cc(-c3ccc(C(C)(C)CCC(C)C)cc3)nc(-c3ccc(C)cc3)n2)cc1. The first-order chi connectivity index (χ1) is 19.5. The first-order valence-corrected chi connectivity index (χ1v) is 15.7. The molecule has 216 valence electrons. The summed E-state index contributed by atoms with van der Waals surface area (Å²) in [5.41, 5.74) is 9.54. The van der Waals surface area contributed by atoms with Crippen LogP contribution in [0.25, 0.3) is 33.9 Å². The van der Waals surface area contributed by atoms with Crippen molar-refractivity contribution in [3.63, 3.8) is 0 Å². The molecular weight excluding hydrogens is 496 g/mol. The highest BCUT2D eigenvalue weighted by molar-refractivity contribution is 5.72. The van der Waals surface area contributed by atoms with Gasteiger partial charge in [-0.1, -0.05) is 153 Å². The molecule has 2 heteroatoms. The van der Waals surface area contributed by atoms with E-state index in [9.17, 15) is 0 Å². The lowest BCUT2D eigenvalue weighted by Gasteiger charge is -2.26. The minimum Gasteiger partial charge on any atom is -0.228 e. The molecule has 2 nitrogen and oxygen atoms in total. The average molecular weight is 547 g/mol. The predicted molar refractivity (Wildman–Crippen MR) is 177 cm³/mol. The van der Waals surface area contributed by atoms with Crippen LogP contribution in [0.2, 0.25) is 0 Å².